The van der Waals surface area contributed by atoms with Crippen LogP contribution in [0.4, 0.5) is 5.69 Å². The minimum absolute atomic E-state index is 0.0816. The molecule has 0 aromatic heterocycles. The van der Waals surface area contributed by atoms with Crippen LogP contribution in [0, 0.1) is 0 Å². The van der Waals surface area contributed by atoms with Gasteiger partial charge < -0.3 is 25.6 Å². The summed E-state index contributed by atoms with van der Waals surface area (Å²) in [6, 6.07) is 4.73. The van der Waals surface area contributed by atoms with Crippen LogP contribution in [0.25, 0.3) is 0 Å². The van der Waals surface area contributed by atoms with E-state index in [0.29, 0.717) is 11.4 Å². The molecule has 0 heterocycles. The highest BCUT2D eigenvalue weighted by atomic mass is 16.5. The Morgan fingerprint density at radius 3 is 2.65 bits per heavy atom. The summed E-state index contributed by atoms with van der Waals surface area (Å²) in [4.78, 5) is 22.6. The number of aliphatic carboxylic acids is 1. The first kappa shape index (κ1) is 15.8. The number of methoxy groups -OCH3 is 2. The smallest absolute Gasteiger partial charge is 0.306 e. The Kier molecular flexibility index (Phi) is 5.79. The predicted molar refractivity (Wildman–Crippen MR) is 72.8 cm³/mol. The number of hydrogen-bond donors (Lipinski definition) is 3. The van der Waals surface area contributed by atoms with Crippen LogP contribution >= 0.6 is 0 Å². The summed E-state index contributed by atoms with van der Waals surface area (Å²) in [6.45, 7) is 0.0816. The molecule has 4 N–H and O–H groups in total. The van der Waals surface area contributed by atoms with Crippen LogP contribution in [-0.4, -0.2) is 43.9 Å². The topological polar surface area (TPSA) is 111 Å². The Labute approximate surface area is 116 Å². The van der Waals surface area contributed by atoms with Gasteiger partial charge in [-0.1, -0.05) is 0 Å². The van der Waals surface area contributed by atoms with E-state index < -0.39 is 18.0 Å². The fourth-order valence-electron chi connectivity index (χ4n) is 1.59. The lowest BCUT2D eigenvalue weighted by Crippen LogP contribution is -2.34. The maximum Gasteiger partial charge on any atom is 0.306 e. The van der Waals surface area contributed by atoms with E-state index in [1.807, 2.05) is 0 Å². The van der Waals surface area contributed by atoms with Crippen LogP contribution in [0.1, 0.15) is 16.8 Å². The number of carboxylic acids is 1. The molecule has 1 amide bonds. The van der Waals surface area contributed by atoms with Crippen molar-refractivity contribution in [3.8, 4) is 5.75 Å². The summed E-state index contributed by atoms with van der Waals surface area (Å²) in [7, 11) is 2.88. The van der Waals surface area contributed by atoms with Crippen LogP contribution in [0.3, 0.4) is 0 Å². The summed E-state index contributed by atoms with van der Waals surface area (Å²) < 4.78 is 9.99. The van der Waals surface area contributed by atoms with Crippen molar-refractivity contribution in [3.63, 3.8) is 0 Å². The number of carbonyl (C=O) groups is 2. The number of hydrogen-bond acceptors (Lipinski definition) is 5. The Morgan fingerprint density at radius 2 is 2.10 bits per heavy atom. The van der Waals surface area contributed by atoms with Crippen molar-refractivity contribution >= 4 is 17.6 Å². The Hall–Kier alpha value is -2.28. The summed E-state index contributed by atoms with van der Waals surface area (Å²) in [5.74, 6) is -0.890. The quantitative estimate of drug-likeness (QED) is 0.628. The first-order valence-corrected chi connectivity index (χ1v) is 5.94. The van der Waals surface area contributed by atoms with E-state index in [9.17, 15) is 9.59 Å². The first-order chi connectivity index (χ1) is 9.47. The minimum atomic E-state index is -0.994. The zero-order valence-electron chi connectivity index (χ0n) is 11.4. The molecule has 0 fully saturated rings. The molecule has 0 aliphatic heterocycles. The molecule has 0 spiro atoms. The van der Waals surface area contributed by atoms with Crippen molar-refractivity contribution in [1.29, 1.82) is 0 Å². The van der Waals surface area contributed by atoms with Crippen molar-refractivity contribution in [2.24, 2.45) is 0 Å². The van der Waals surface area contributed by atoms with E-state index in [-0.39, 0.29) is 18.5 Å². The summed E-state index contributed by atoms with van der Waals surface area (Å²) >= 11 is 0. The molecule has 110 valence electrons. The fraction of sp³-hybridized carbons (Fsp3) is 0.385. The van der Waals surface area contributed by atoms with Gasteiger partial charge in [0.1, 0.15) is 5.75 Å². The maximum absolute atomic E-state index is 12.0. The lowest BCUT2D eigenvalue weighted by molar-refractivity contribution is -0.139. The third-order valence-electron chi connectivity index (χ3n) is 2.73. The van der Waals surface area contributed by atoms with E-state index in [0.717, 1.165) is 0 Å². The number of benzene rings is 1. The number of carbonyl (C=O) groups excluding carboxylic acids is 1. The van der Waals surface area contributed by atoms with E-state index in [2.05, 4.69) is 5.32 Å². The van der Waals surface area contributed by atoms with Gasteiger partial charge in [-0.15, -0.1) is 0 Å². The van der Waals surface area contributed by atoms with E-state index in [4.69, 9.17) is 20.3 Å². The highest BCUT2D eigenvalue weighted by Gasteiger charge is 2.16. The maximum atomic E-state index is 12.0. The molecule has 7 nitrogen and oxygen atoms in total. The third-order valence-corrected chi connectivity index (χ3v) is 2.73. The molecule has 1 aromatic rings. The van der Waals surface area contributed by atoms with Gasteiger partial charge in [0.05, 0.1) is 25.2 Å². The minimum Gasteiger partial charge on any atom is -0.497 e. The van der Waals surface area contributed by atoms with Crippen LogP contribution in [0.5, 0.6) is 5.75 Å². The molecule has 0 saturated heterocycles. The first-order valence-electron chi connectivity index (χ1n) is 5.94. The largest absolute Gasteiger partial charge is 0.497 e. The van der Waals surface area contributed by atoms with Gasteiger partial charge in [-0.25, -0.2) is 0 Å². The second kappa shape index (κ2) is 7.34. The van der Waals surface area contributed by atoms with Crippen molar-refractivity contribution in [1.82, 2.24) is 5.32 Å². The van der Waals surface area contributed by atoms with Crippen molar-refractivity contribution in [3.05, 3.63) is 23.8 Å². The Morgan fingerprint density at radius 1 is 1.40 bits per heavy atom. The van der Waals surface area contributed by atoms with Gasteiger partial charge in [0.2, 0.25) is 0 Å². The average Bonchev–Trinajstić information content (AvgIpc) is 2.43. The molecule has 0 aliphatic carbocycles. The van der Waals surface area contributed by atoms with Crippen molar-refractivity contribution < 1.29 is 24.2 Å². The molecule has 20 heavy (non-hydrogen) atoms. The predicted octanol–water partition coefficient (Wildman–Crippen LogP) is 0.497. The molecular formula is C13H18N2O5. The van der Waals surface area contributed by atoms with Gasteiger partial charge in [-0.2, -0.15) is 0 Å². The standard InChI is InChI=1S/C13H18N2O5/c1-19-8-3-4-11(14)10(5-8)13(18)15-7-9(20-2)6-12(16)17/h3-5,9H,6-7,14H2,1-2H3,(H,15,18)(H,16,17). The zero-order valence-corrected chi connectivity index (χ0v) is 11.4. The molecule has 0 aliphatic rings. The number of nitrogens with two attached hydrogens (primary N) is 1. The number of amides is 1. The SMILES string of the molecule is COc1ccc(N)c(C(=O)NCC(CC(=O)O)OC)c1. The van der Waals surface area contributed by atoms with Gasteiger partial charge in [0.25, 0.3) is 5.91 Å². The third kappa shape index (κ3) is 4.43. The van der Waals surface area contributed by atoms with Gasteiger partial charge >= 0.3 is 5.97 Å². The summed E-state index contributed by atoms with van der Waals surface area (Å²) in [5.41, 5.74) is 6.31. The molecule has 1 rings (SSSR count). The van der Waals surface area contributed by atoms with Gasteiger partial charge in [-0.05, 0) is 18.2 Å². The number of nitrogen functional groups attached to an aromatic ring is 1. The summed E-state index contributed by atoms with van der Waals surface area (Å²) in [6.07, 6.45) is -0.784. The second-order valence-corrected chi connectivity index (χ2v) is 4.12. The van der Waals surface area contributed by atoms with Crippen molar-refractivity contribution in [2.45, 2.75) is 12.5 Å². The van der Waals surface area contributed by atoms with Gasteiger partial charge in [-0.3, -0.25) is 9.59 Å². The fourth-order valence-corrected chi connectivity index (χ4v) is 1.59. The lowest BCUT2D eigenvalue weighted by atomic mass is 10.1. The Balaban J connectivity index is 2.68. The number of nitrogens with one attached hydrogen (secondary N) is 1. The highest BCUT2D eigenvalue weighted by Crippen LogP contribution is 2.19. The molecular weight excluding hydrogens is 264 g/mol. The van der Waals surface area contributed by atoms with Crippen LogP contribution in [-0.2, 0) is 9.53 Å². The van der Waals surface area contributed by atoms with Crippen LogP contribution in [0.2, 0.25) is 0 Å². The normalized spacial score (nSPS) is 11.7. The average molecular weight is 282 g/mol. The number of rotatable bonds is 7. The summed E-state index contributed by atoms with van der Waals surface area (Å²) in [5, 5.41) is 11.3. The highest BCUT2D eigenvalue weighted by molar-refractivity contribution is 5.99. The zero-order chi connectivity index (χ0) is 15.1. The van der Waals surface area contributed by atoms with E-state index >= 15 is 0 Å². The number of carboxylic acid groups (broad SMARTS) is 1. The molecule has 0 radical (unpaired) electrons. The molecule has 1 unspecified atom stereocenters. The molecule has 1 atom stereocenters. The van der Waals surface area contributed by atoms with E-state index in [1.165, 1.54) is 20.3 Å². The lowest BCUT2D eigenvalue weighted by Gasteiger charge is -2.14. The van der Waals surface area contributed by atoms with E-state index in [1.54, 1.807) is 12.1 Å². The molecule has 7 heteroatoms. The van der Waals surface area contributed by atoms with Gasteiger partial charge in [0.15, 0.2) is 0 Å². The van der Waals surface area contributed by atoms with Crippen LogP contribution in [0.15, 0.2) is 18.2 Å². The van der Waals surface area contributed by atoms with Crippen molar-refractivity contribution in [2.75, 3.05) is 26.5 Å². The van der Waals surface area contributed by atoms with Crippen LogP contribution < -0.4 is 15.8 Å². The second-order valence-electron chi connectivity index (χ2n) is 4.12. The molecule has 1 aromatic carbocycles. The number of anilines is 1. The Bertz CT molecular complexity index is 490. The molecule has 0 saturated carbocycles. The molecule has 0 bridgehead atoms. The monoisotopic (exact) mass is 282 g/mol. The number of ether oxygens (including phenoxy) is 2. The van der Waals surface area contributed by atoms with Gasteiger partial charge in [0, 0.05) is 19.3 Å².